The molecule has 102 valence electrons. The molecule has 0 aliphatic carbocycles. The number of anilines is 1. The molecular weight excluding hydrogens is 258 g/mol. The fraction of sp³-hybridized carbons (Fsp3) is 0.214. The lowest BCUT2D eigenvalue weighted by atomic mass is 10.0. The first kappa shape index (κ1) is 7.23. The molecule has 6 heteroatoms. The second kappa shape index (κ2) is 4.19. The average Bonchev–Trinajstić information content (AvgIpc) is 2.79. The third-order valence-electron chi connectivity index (χ3n) is 2.94. The number of allylic oxidation sites excluding steroid dienone is 1. The summed E-state index contributed by atoms with van der Waals surface area (Å²) >= 11 is 0. The standard InChI is InChI=1S/C14H13N3O3/c1-7-5-6-10(12(18)16-7)17-13(19)8-3-2-4-9(15)11(8)14(17)20/h2-4,10H,1,5-6,15H2,(H,16,18)/i2D,3D,4D,6D2,10D. The quantitative estimate of drug-likeness (QED) is 0.582. The van der Waals surface area contributed by atoms with E-state index in [2.05, 4.69) is 11.9 Å². The molecule has 0 radical (unpaired) electrons. The van der Waals surface area contributed by atoms with Crippen molar-refractivity contribution in [3.05, 3.63) is 41.5 Å². The van der Waals surface area contributed by atoms with Crippen molar-refractivity contribution in [1.82, 2.24) is 10.2 Å². The highest BCUT2D eigenvalue weighted by Crippen LogP contribution is 2.31. The number of carbonyl (C=O) groups is 3. The van der Waals surface area contributed by atoms with E-state index in [0.717, 1.165) is 0 Å². The van der Waals surface area contributed by atoms with E-state index in [0.29, 0.717) is 0 Å². The van der Waals surface area contributed by atoms with Crippen LogP contribution in [0, 0.1) is 0 Å². The van der Waals surface area contributed by atoms with Crippen LogP contribution in [0.25, 0.3) is 0 Å². The molecule has 3 amide bonds. The van der Waals surface area contributed by atoms with Crippen LogP contribution in [-0.2, 0) is 4.79 Å². The average molecular weight is 277 g/mol. The number of piperidine rings is 1. The van der Waals surface area contributed by atoms with Crippen LogP contribution in [0.3, 0.4) is 0 Å². The minimum atomic E-state index is -2.97. The number of benzene rings is 1. The van der Waals surface area contributed by atoms with Crippen LogP contribution in [0.5, 0.6) is 0 Å². The van der Waals surface area contributed by atoms with Gasteiger partial charge in [0, 0.05) is 14.1 Å². The molecule has 1 aromatic rings. The second-order valence-corrected chi connectivity index (χ2v) is 4.24. The van der Waals surface area contributed by atoms with Crippen LogP contribution >= 0.6 is 0 Å². The van der Waals surface area contributed by atoms with E-state index in [1.54, 1.807) is 0 Å². The summed E-state index contributed by atoms with van der Waals surface area (Å²) in [7, 11) is 0. The Labute approximate surface area is 123 Å². The fourth-order valence-corrected chi connectivity index (χ4v) is 2.04. The molecule has 0 aromatic heterocycles. The van der Waals surface area contributed by atoms with Gasteiger partial charge >= 0.3 is 0 Å². The first-order valence-corrected chi connectivity index (χ1v) is 5.63. The lowest BCUT2D eigenvalue weighted by molar-refractivity contribution is -0.125. The third kappa shape index (κ3) is 1.61. The highest BCUT2D eigenvalue weighted by Gasteiger charge is 2.44. The predicted molar refractivity (Wildman–Crippen MR) is 71.7 cm³/mol. The summed E-state index contributed by atoms with van der Waals surface area (Å²) in [5.74, 6) is -3.81. The first-order chi connectivity index (χ1) is 11.9. The van der Waals surface area contributed by atoms with Gasteiger partial charge in [-0.1, -0.05) is 12.6 Å². The van der Waals surface area contributed by atoms with Crippen molar-refractivity contribution in [3.8, 4) is 0 Å². The summed E-state index contributed by atoms with van der Waals surface area (Å²) in [6.07, 6.45) is -3.17. The number of hydrogen-bond acceptors (Lipinski definition) is 4. The van der Waals surface area contributed by atoms with E-state index in [9.17, 15) is 14.4 Å². The summed E-state index contributed by atoms with van der Waals surface area (Å²) in [4.78, 5) is 38.0. The third-order valence-corrected chi connectivity index (χ3v) is 2.94. The molecule has 3 rings (SSSR count). The van der Waals surface area contributed by atoms with Crippen molar-refractivity contribution in [3.63, 3.8) is 0 Å². The number of rotatable bonds is 1. The van der Waals surface area contributed by atoms with Crippen LogP contribution in [-0.4, -0.2) is 28.6 Å². The zero-order chi connectivity index (χ0) is 19.8. The number of carbonyl (C=O) groups excluding carboxylic acids is 3. The number of imide groups is 1. The first-order valence-electron chi connectivity index (χ1n) is 8.63. The van der Waals surface area contributed by atoms with Crippen molar-refractivity contribution >= 4 is 23.4 Å². The smallest absolute Gasteiger partial charge is 0.264 e. The van der Waals surface area contributed by atoms with Gasteiger partial charge in [0.15, 0.2) is 0 Å². The Kier molecular flexibility index (Phi) is 1.52. The van der Waals surface area contributed by atoms with Crippen LogP contribution in [0.4, 0.5) is 5.69 Å². The summed E-state index contributed by atoms with van der Waals surface area (Å²) in [6.45, 7) is 3.44. The molecule has 3 N–H and O–H groups in total. The van der Waals surface area contributed by atoms with Crippen molar-refractivity contribution in [1.29, 1.82) is 0 Å². The number of hydrogen-bond donors (Lipinski definition) is 2. The Morgan fingerprint density at radius 1 is 1.45 bits per heavy atom. The molecule has 2 heterocycles. The van der Waals surface area contributed by atoms with E-state index in [1.807, 2.05) is 0 Å². The van der Waals surface area contributed by atoms with E-state index in [1.165, 1.54) is 0 Å². The van der Waals surface area contributed by atoms with Crippen LogP contribution < -0.4 is 11.1 Å². The molecule has 1 saturated heterocycles. The minimum Gasteiger partial charge on any atom is -0.398 e. The van der Waals surface area contributed by atoms with Gasteiger partial charge in [0.05, 0.1) is 16.6 Å². The Bertz CT molecular complexity index is 884. The normalized spacial score (nSPS) is 32.5. The molecule has 1 unspecified atom stereocenters. The van der Waals surface area contributed by atoms with Crippen LogP contribution in [0.1, 0.15) is 41.7 Å². The van der Waals surface area contributed by atoms with Gasteiger partial charge < -0.3 is 11.1 Å². The largest absolute Gasteiger partial charge is 0.398 e. The monoisotopic (exact) mass is 277 g/mol. The zero-order valence-electron chi connectivity index (χ0n) is 16.2. The predicted octanol–water partition coefficient (Wildman–Crippen LogP) is 0.657. The van der Waals surface area contributed by atoms with Gasteiger partial charge in [0.25, 0.3) is 11.8 Å². The van der Waals surface area contributed by atoms with Gasteiger partial charge in [-0.15, -0.1) is 0 Å². The maximum absolute atomic E-state index is 12.8. The summed E-state index contributed by atoms with van der Waals surface area (Å²) < 4.78 is 47.6. The molecular formula is C14H13N3O3. The SMILES string of the molecule is [2H]c1c([2H])c(N)c2c(c1[2H])C(=O)N(C1([2H])C(=O)NC(=C)CC1([2H])[2H])C2=O. The topological polar surface area (TPSA) is 92.5 Å². The lowest BCUT2D eigenvalue weighted by Gasteiger charge is -2.29. The highest BCUT2D eigenvalue weighted by molar-refractivity contribution is 6.25. The van der Waals surface area contributed by atoms with Crippen LogP contribution in [0.15, 0.2) is 30.4 Å². The Morgan fingerprint density at radius 2 is 2.20 bits per heavy atom. The van der Waals surface area contributed by atoms with Gasteiger partial charge in [0.2, 0.25) is 5.91 Å². The summed E-state index contributed by atoms with van der Waals surface area (Å²) in [5.41, 5.74) is 3.92. The molecule has 0 bridgehead atoms. The molecule has 20 heavy (non-hydrogen) atoms. The van der Waals surface area contributed by atoms with Crippen molar-refractivity contribution < 1.29 is 22.6 Å². The van der Waals surface area contributed by atoms with Crippen molar-refractivity contribution in [2.24, 2.45) is 0 Å². The number of fused-ring (bicyclic) bond motifs is 1. The number of nitrogen functional groups attached to an aromatic ring is 1. The van der Waals surface area contributed by atoms with Gasteiger partial charge in [0.1, 0.15) is 6.02 Å². The Morgan fingerprint density at radius 3 is 2.90 bits per heavy atom. The van der Waals surface area contributed by atoms with Gasteiger partial charge in [-0.25, -0.2) is 0 Å². The molecule has 2 aliphatic heterocycles. The molecule has 1 fully saturated rings. The van der Waals surface area contributed by atoms with E-state index < -0.39 is 71.5 Å². The van der Waals surface area contributed by atoms with Gasteiger partial charge in [-0.3, -0.25) is 19.3 Å². The van der Waals surface area contributed by atoms with E-state index >= 15 is 0 Å². The fourth-order valence-electron chi connectivity index (χ4n) is 2.04. The van der Waals surface area contributed by atoms with E-state index in [-0.39, 0.29) is 10.6 Å². The Hall–Kier alpha value is -2.63. The van der Waals surface area contributed by atoms with Gasteiger partial charge in [-0.05, 0) is 24.9 Å². The molecule has 0 saturated carbocycles. The summed E-state index contributed by atoms with van der Waals surface area (Å²) in [5, 5.41) is 2.16. The van der Waals surface area contributed by atoms with Gasteiger partial charge in [-0.2, -0.15) is 0 Å². The number of nitrogens with two attached hydrogens (primary N) is 1. The number of nitrogens with zero attached hydrogens (tertiary/aromatic N) is 1. The molecule has 0 spiro atoms. The molecule has 2 aliphatic rings. The number of nitrogens with one attached hydrogen (secondary N) is 1. The maximum Gasteiger partial charge on any atom is 0.264 e. The molecule has 1 aromatic carbocycles. The molecule has 6 nitrogen and oxygen atoms in total. The second-order valence-electron chi connectivity index (χ2n) is 4.24. The van der Waals surface area contributed by atoms with E-state index in [4.69, 9.17) is 14.0 Å². The highest BCUT2D eigenvalue weighted by atomic mass is 16.2. The zero-order valence-corrected chi connectivity index (χ0v) is 10.2. The lowest BCUT2D eigenvalue weighted by Crippen LogP contribution is -2.51. The van der Waals surface area contributed by atoms with Crippen LogP contribution in [0.2, 0.25) is 0 Å². The van der Waals surface area contributed by atoms with Crippen molar-refractivity contribution in [2.75, 3.05) is 5.73 Å². The summed E-state index contributed by atoms with van der Waals surface area (Å²) in [6, 6.07) is -5.04. The van der Waals surface area contributed by atoms with Crippen molar-refractivity contribution in [2.45, 2.75) is 18.8 Å². The minimum absolute atomic E-state index is 0.0120. The number of amides is 3. The molecule has 1 atom stereocenters. The Balaban J connectivity index is 2.26. The maximum atomic E-state index is 12.8.